The van der Waals surface area contributed by atoms with Crippen molar-refractivity contribution in [1.29, 1.82) is 0 Å². The van der Waals surface area contributed by atoms with E-state index in [4.69, 9.17) is 0 Å². The summed E-state index contributed by atoms with van der Waals surface area (Å²) in [4.78, 5) is 4.10. The predicted molar refractivity (Wildman–Crippen MR) is 86.3 cm³/mol. The summed E-state index contributed by atoms with van der Waals surface area (Å²) in [6.07, 6.45) is 10.9. The lowest BCUT2D eigenvalue weighted by Gasteiger charge is -2.23. The fourth-order valence-corrected chi connectivity index (χ4v) is 3.31. The maximum atomic E-state index is 4.10. The molecule has 0 saturated carbocycles. The summed E-state index contributed by atoms with van der Waals surface area (Å²) in [6, 6.07) is 7.85. The number of aromatic nitrogens is 2. The zero-order chi connectivity index (χ0) is 14.7. The molecule has 1 aromatic carbocycles. The van der Waals surface area contributed by atoms with E-state index in [0.29, 0.717) is 12.1 Å². The smallest absolute Gasteiger partial charge is 0.0946 e. The first-order chi connectivity index (χ1) is 10.2. The van der Waals surface area contributed by atoms with Gasteiger partial charge in [-0.2, -0.15) is 0 Å². The molecule has 3 heteroatoms. The summed E-state index contributed by atoms with van der Waals surface area (Å²) in [5, 5.41) is 3.69. The average Bonchev–Trinajstić information content (AvgIpc) is 2.99. The minimum Gasteiger partial charge on any atom is -0.336 e. The minimum absolute atomic E-state index is 0.385. The normalized spacial score (nSPS) is 17.2. The molecule has 1 aliphatic carbocycles. The fourth-order valence-electron chi connectivity index (χ4n) is 3.31. The third-order valence-corrected chi connectivity index (χ3v) is 4.45. The van der Waals surface area contributed by atoms with Crippen LogP contribution in [0, 0.1) is 0 Å². The van der Waals surface area contributed by atoms with Gasteiger partial charge in [0.15, 0.2) is 0 Å². The lowest BCUT2D eigenvalue weighted by atomic mass is 9.89. The Bertz CT molecular complexity index is 574. The Hall–Kier alpha value is -1.61. The molecule has 0 radical (unpaired) electrons. The quantitative estimate of drug-likeness (QED) is 0.910. The van der Waals surface area contributed by atoms with Crippen LogP contribution in [0.1, 0.15) is 49.4 Å². The number of benzene rings is 1. The van der Waals surface area contributed by atoms with Crippen LogP contribution in [-0.4, -0.2) is 15.6 Å². The van der Waals surface area contributed by atoms with Crippen molar-refractivity contribution >= 4 is 0 Å². The van der Waals surface area contributed by atoms with Gasteiger partial charge >= 0.3 is 0 Å². The molecule has 2 atom stereocenters. The van der Waals surface area contributed by atoms with Gasteiger partial charge < -0.3 is 9.88 Å². The maximum Gasteiger partial charge on any atom is 0.0946 e. The van der Waals surface area contributed by atoms with Crippen LogP contribution in [0.25, 0.3) is 0 Å². The largest absolute Gasteiger partial charge is 0.336 e. The van der Waals surface area contributed by atoms with Crippen LogP contribution in [0.4, 0.5) is 0 Å². The van der Waals surface area contributed by atoms with E-state index in [1.807, 2.05) is 18.7 Å². The monoisotopic (exact) mass is 283 g/mol. The fraction of sp³-hybridized carbons (Fsp3) is 0.500. The number of aryl methyl sites for hydroxylation is 2. The molecule has 1 aliphatic rings. The van der Waals surface area contributed by atoms with Gasteiger partial charge in [-0.25, -0.2) is 4.98 Å². The highest BCUT2D eigenvalue weighted by atomic mass is 15.1. The molecule has 0 amide bonds. The van der Waals surface area contributed by atoms with Gasteiger partial charge in [-0.15, -0.1) is 0 Å². The Morgan fingerprint density at radius 3 is 2.76 bits per heavy atom. The van der Waals surface area contributed by atoms with Crippen molar-refractivity contribution in [2.75, 3.05) is 0 Å². The number of imidazole rings is 1. The first-order valence-corrected chi connectivity index (χ1v) is 8.06. The number of hydrogen-bond donors (Lipinski definition) is 1. The molecular weight excluding hydrogens is 258 g/mol. The molecule has 2 unspecified atom stereocenters. The summed E-state index contributed by atoms with van der Waals surface area (Å²) in [7, 11) is 0. The zero-order valence-electron chi connectivity index (χ0n) is 13.0. The van der Waals surface area contributed by atoms with Crippen molar-refractivity contribution in [2.24, 2.45) is 0 Å². The van der Waals surface area contributed by atoms with Crippen LogP contribution in [0.2, 0.25) is 0 Å². The molecule has 2 aromatic rings. The van der Waals surface area contributed by atoms with Gasteiger partial charge in [0.25, 0.3) is 0 Å². The van der Waals surface area contributed by atoms with E-state index >= 15 is 0 Å². The number of nitrogens with one attached hydrogen (secondary N) is 1. The van der Waals surface area contributed by atoms with E-state index in [-0.39, 0.29) is 0 Å². The first-order valence-electron chi connectivity index (χ1n) is 8.06. The van der Waals surface area contributed by atoms with Crippen LogP contribution in [0.3, 0.4) is 0 Å². The van der Waals surface area contributed by atoms with Crippen LogP contribution in [0.15, 0.2) is 36.9 Å². The van der Waals surface area contributed by atoms with E-state index in [0.717, 1.165) is 6.54 Å². The van der Waals surface area contributed by atoms with Crippen molar-refractivity contribution in [3.05, 3.63) is 53.6 Å². The standard InChI is InChI=1S/C18H25N3/c1-14(12-21-10-9-19-13-21)20-15(2)17-8-7-16-5-3-4-6-18(16)11-17/h7-11,13-15,20H,3-6,12H2,1-2H3. The highest BCUT2D eigenvalue weighted by molar-refractivity contribution is 5.35. The highest BCUT2D eigenvalue weighted by Crippen LogP contribution is 2.24. The van der Waals surface area contributed by atoms with Gasteiger partial charge in [-0.05, 0) is 56.2 Å². The molecule has 3 nitrogen and oxygen atoms in total. The third kappa shape index (κ3) is 3.53. The van der Waals surface area contributed by atoms with E-state index in [1.54, 1.807) is 11.1 Å². The third-order valence-electron chi connectivity index (χ3n) is 4.45. The summed E-state index contributed by atoms with van der Waals surface area (Å²) < 4.78 is 2.12. The molecule has 21 heavy (non-hydrogen) atoms. The van der Waals surface area contributed by atoms with Crippen LogP contribution < -0.4 is 5.32 Å². The Morgan fingerprint density at radius 1 is 1.19 bits per heavy atom. The Kier molecular flexibility index (Phi) is 4.39. The summed E-state index contributed by atoms with van der Waals surface area (Å²) in [6.45, 7) is 5.44. The molecule has 0 spiro atoms. The highest BCUT2D eigenvalue weighted by Gasteiger charge is 2.14. The number of hydrogen-bond acceptors (Lipinski definition) is 2. The molecule has 0 fully saturated rings. The molecule has 1 aromatic heterocycles. The number of nitrogens with zero attached hydrogens (tertiary/aromatic N) is 2. The molecule has 1 N–H and O–H groups in total. The molecule has 0 saturated heterocycles. The van der Waals surface area contributed by atoms with Crippen molar-refractivity contribution in [1.82, 2.24) is 14.9 Å². The predicted octanol–water partition coefficient (Wildman–Crippen LogP) is 3.50. The van der Waals surface area contributed by atoms with E-state index in [2.05, 4.69) is 46.9 Å². The van der Waals surface area contributed by atoms with E-state index in [9.17, 15) is 0 Å². The minimum atomic E-state index is 0.385. The first kappa shape index (κ1) is 14.3. The molecular formula is C18H25N3. The van der Waals surface area contributed by atoms with Crippen molar-refractivity contribution in [3.63, 3.8) is 0 Å². The van der Waals surface area contributed by atoms with E-state index < -0.39 is 0 Å². The van der Waals surface area contributed by atoms with Gasteiger partial charge in [0.1, 0.15) is 0 Å². The van der Waals surface area contributed by atoms with Gasteiger partial charge in [-0.3, -0.25) is 0 Å². The average molecular weight is 283 g/mol. The second-order valence-corrected chi connectivity index (χ2v) is 6.28. The van der Waals surface area contributed by atoms with Crippen LogP contribution in [-0.2, 0) is 19.4 Å². The molecule has 112 valence electrons. The second-order valence-electron chi connectivity index (χ2n) is 6.28. The lowest BCUT2D eigenvalue weighted by molar-refractivity contribution is 0.430. The molecule has 0 aliphatic heterocycles. The number of fused-ring (bicyclic) bond motifs is 1. The molecule has 0 bridgehead atoms. The van der Waals surface area contributed by atoms with Gasteiger partial charge in [0.2, 0.25) is 0 Å². The molecule has 1 heterocycles. The van der Waals surface area contributed by atoms with Gasteiger partial charge in [-0.1, -0.05) is 18.2 Å². The van der Waals surface area contributed by atoms with Crippen molar-refractivity contribution < 1.29 is 0 Å². The van der Waals surface area contributed by atoms with Crippen molar-refractivity contribution in [3.8, 4) is 0 Å². The second kappa shape index (κ2) is 6.44. The van der Waals surface area contributed by atoms with Crippen LogP contribution >= 0.6 is 0 Å². The zero-order valence-corrected chi connectivity index (χ0v) is 13.0. The topological polar surface area (TPSA) is 29.9 Å². The summed E-state index contributed by atoms with van der Waals surface area (Å²) in [5.41, 5.74) is 4.53. The summed E-state index contributed by atoms with van der Waals surface area (Å²) >= 11 is 0. The molecule has 3 rings (SSSR count). The Labute approximate surface area is 127 Å². The van der Waals surface area contributed by atoms with Gasteiger partial charge in [0.05, 0.1) is 6.33 Å². The van der Waals surface area contributed by atoms with Crippen LogP contribution in [0.5, 0.6) is 0 Å². The Morgan fingerprint density at radius 2 is 2.00 bits per heavy atom. The maximum absolute atomic E-state index is 4.10. The van der Waals surface area contributed by atoms with Crippen molar-refractivity contribution in [2.45, 2.75) is 58.2 Å². The van der Waals surface area contributed by atoms with E-state index in [1.165, 1.54) is 31.2 Å². The Balaban J connectivity index is 1.63. The lowest BCUT2D eigenvalue weighted by Crippen LogP contribution is -2.32. The SMILES string of the molecule is CC(Cn1ccnc1)NC(C)c1ccc2c(c1)CCCC2. The number of rotatable bonds is 5. The summed E-state index contributed by atoms with van der Waals surface area (Å²) in [5.74, 6) is 0. The van der Waals surface area contributed by atoms with Gasteiger partial charge in [0, 0.05) is 31.0 Å².